The summed E-state index contributed by atoms with van der Waals surface area (Å²) in [5.41, 5.74) is 2.57. The Balaban J connectivity index is 2.17. The van der Waals surface area contributed by atoms with Gasteiger partial charge in [-0.25, -0.2) is 0 Å². The summed E-state index contributed by atoms with van der Waals surface area (Å²) in [5.74, 6) is 2.32. The van der Waals surface area contributed by atoms with Crippen LogP contribution in [0.5, 0.6) is 17.2 Å². The molecule has 0 radical (unpaired) electrons. The molecule has 0 fully saturated rings. The molecule has 0 N–H and O–H groups in total. The largest absolute Gasteiger partial charge is 0.494 e. The van der Waals surface area contributed by atoms with Gasteiger partial charge in [-0.3, -0.25) is 4.79 Å². The minimum Gasteiger partial charge on any atom is -0.494 e. The lowest BCUT2D eigenvalue weighted by Crippen LogP contribution is -2.02. The minimum atomic E-state index is -0.0489. The summed E-state index contributed by atoms with van der Waals surface area (Å²) in [4.78, 5) is 12.7. The highest BCUT2D eigenvalue weighted by molar-refractivity contribution is 6.07. The van der Waals surface area contributed by atoms with E-state index in [-0.39, 0.29) is 5.78 Å². The predicted molar refractivity (Wildman–Crippen MR) is 128 cm³/mol. The average molecular weight is 425 g/mol. The van der Waals surface area contributed by atoms with Gasteiger partial charge in [0.1, 0.15) is 17.2 Å². The minimum absolute atomic E-state index is 0.0489. The van der Waals surface area contributed by atoms with Crippen LogP contribution >= 0.6 is 0 Å². The summed E-state index contributed by atoms with van der Waals surface area (Å²) >= 11 is 0. The second kappa shape index (κ2) is 13.5. The van der Waals surface area contributed by atoms with Crippen LogP contribution in [0.1, 0.15) is 74.4 Å². The number of carbonyl (C=O) groups excluding carboxylic acids is 1. The van der Waals surface area contributed by atoms with Gasteiger partial charge >= 0.3 is 0 Å². The quantitative estimate of drug-likeness (QED) is 0.185. The molecule has 0 unspecified atom stereocenters. The van der Waals surface area contributed by atoms with Crippen molar-refractivity contribution in [2.45, 2.75) is 59.8 Å². The van der Waals surface area contributed by atoms with Gasteiger partial charge in [0.05, 0.1) is 19.8 Å². The Bertz CT molecular complexity index is 837. The van der Waals surface area contributed by atoms with E-state index >= 15 is 0 Å². The Labute approximate surface area is 187 Å². The lowest BCUT2D eigenvalue weighted by atomic mass is 10.0. The molecule has 0 bridgehead atoms. The van der Waals surface area contributed by atoms with Crippen molar-refractivity contribution in [1.29, 1.82) is 0 Å². The summed E-state index contributed by atoms with van der Waals surface area (Å²) in [6, 6.07) is 11.2. The zero-order chi connectivity index (χ0) is 22.5. The van der Waals surface area contributed by atoms with Crippen LogP contribution in [-0.2, 0) is 0 Å². The van der Waals surface area contributed by atoms with Gasteiger partial charge in [-0.2, -0.15) is 0 Å². The molecule has 0 saturated heterocycles. The van der Waals surface area contributed by atoms with Crippen molar-refractivity contribution < 1.29 is 19.0 Å². The third-order valence-corrected chi connectivity index (χ3v) is 4.92. The number of hydrogen-bond donors (Lipinski definition) is 0. The second-order valence-corrected chi connectivity index (χ2v) is 7.61. The van der Waals surface area contributed by atoms with Crippen LogP contribution in [0.3, 0.4) is 0 Å². The van der Waals surface area contributed by atoms with E-state index in [1.165, 1.54) is 0 Å². The van der Waals surface area contributed by atoms with Gasteiger partial charge in [-0.05, 0) is 73.7 Å². The first kappa shape index (κ1) is 24.5. The smallest absolute Gasteiger partial charge is 0.185 e. The van der Waals surface area contributed by atoms with E-state index in [4.69, 9.17) is 14.2 Å². The summed E-state index contributed by atoms with van der Waals surface area (Å²) < 4.78 is 17.5. The van der Waals surface area contributed by atoms with Gasteiger partial charge in [0.25, 0.3) is 0 Å². The monoisotopic (exact) mass is 424 g/mol. The fourth-order valence-electron chi connectivity index (χ4n) is 2.95. The maximum atomic E-state index is 12.7. The molecule has 2 rings (SSSR count). The van der Waals surface area contributed by atoms with E-state index in [9.17, 15) is 4.79 Å². The molecular formula is C27H36O4. The molecule has 0 atom stereocenters. The van der Waals surface area contributed by atoms with Crippen molar-refractivity contribution in [3.63, 3.8) is 0 Å². The predicted octanol–water partition coefficient (Wildman–Crippen LogP) is 7.04. The molecule has 0 saturated carbocycles. The Hall–Kier alpha value is -2.75. The van der Waals surface area contributed by atoms with Crippen LogP contribution in [0, 0.1) is 6.92 Å². The second-order valence-electron chi connectivity index (χ2n) is 7.61. The number of hydrogen-bond acceptors (Lipinski definition) is 4. The number of unbranched alkanes of at least 4 members (excludes halogenated alkanes) is 2. The summed E-state index contributed by atoms with van der Waals surface area (Å²) in [5, 5.41) is 0. The number of rotatable bonds is 14. The van der Waals surface area contributed by atoms with Crippen LogP contribution in [-0.4, -0.2) is 25.6 Å². The van der Waals surface area contributed by atoms with Crippen LogP contribution < -0.4 is 14.2 Å². The van der Waals surface area contributed by atoms with Crippen molar-refractivity contribution in [2.75, 3.05) is 19.8 Å². The molecule has 4 nitrogen and oxygen atoms in total. The van der Waals surface area contributed by atoms with Gasteiger partial charge in [-0.15, -0.1) is 0 Å². The van der Waals surface area contributed by atoms with Gasteiger partial charge in [0.15, 0.2) is 5.78 Å². The van der Waals surface area contributed by atoms with Crippen LogP contribution in [0.25, 0.3) is 6.08 Å². The van der Waals surface area contributed by atoms with Gasteiger partial charge in [0, 0.05) is 11.6 Å². The Morgan fingerprint density at radius 1 is 0.806 bits per heavy atom. The first-order valence-corrected chi connectivity index (χ1v) is 11.4. The summed E-state index contributed by atoms with van der Waals surface area (Å²) in [6.45, 7) is 10.4. The lowest BCUT2D eigenvalue weighted by Gasteiger charge is -2.14. The van der Waals surface area contributed by atoms with E-state index < -0.39 is 0 Å². The first-order valence-electron chi connectivity index (χ1n) is 11.4. The average Bonchev–Trinajstić information content (AvgIpc) is 2.79. The number of ketones is 1. The van der Waals surface area contributed by atoms with E-state index in [1.807, 2.05) is 37.3 Å². The van der Waals surface area contributed by atoms with Crippen molar-refractivity contribution in [1.82, 2.24) is 0 Å². The highest BCUT2D eigenvalue weighted by Gasteiger charge is 2.09. The van der Waals surface area contributed by atoms with Gasteiger partial charge in [-0.1, -0.05) is 39.7 Å². The standard InChI is InChI=1S/C27H36O4/c1-5-8-17-30-25-19-23(21(4)27(20-25)31-18-9-6-2)12-15-26(28)22-10-13-24(14-11-22)29-16-7-3/h10-15,19-20H,5-9,16-18H2,1-4H3. The van der Waals surface area contributed by atoms with Crippen LogP contribution in [0.4, 0.5) is 0 Å². The van der Waals surface area contributed by atoms with E-state index in [1.54, 1.807) is 18.2 Å². The van der Waals surface area contributed by atoms with Crippen molar-refractivity contribution in [3.8, 4) is 17.2 Å². The van der Waals surface area contributed by atoms with Crippen molar-refractivity contribution >= 4 is 11.9 Å². The Kier molecular flexibility index (Phi) is 10.7. The lowest BCUT2D eigenvalue weighted by molar-refractivity contribution is 0.104. The molecule has 0 aliphatic rings. The highest BCUT2D eigenvalue weighted by atomic mass is 16.5. The van der Waals surface area contributed by atoms with Crippen LogP contribution in [0.15, 0.2) is 42.5 Å². The molecule has 0 aliphatic carbocycles. The van der Waals surface area contributed by atoms with Gasteiger partial charge in [0.2, 0.25) is 0 Å². The van der Waals surface area contributed by atoms with Crippen molar-refractivity contribution in [3.05, 3.63) is 59.2 Å². The molecule has 0 aliphatic heterocycles. The molecule has 0 amide bonds. The maximum absolute atomic E-state index is 12.7. The number of benzene rings is 2. The van der Waals surface area contributed by atoms with E-state index in [0.717, 1.165) is 60.5 Å². The van der Waals surface area contributed by atoms with Crippen LogP contribution in [0.2, 0.25) is 0 Å². The molecule has 0 spiro atoms. The first-order chi connectivity index (χ1) is 15.1. The molecule has 4 heteroatoms. The summed E-state index contributed by atoms with van der Waals surface area (Å²) in [7, 11) is 0. The molecule has 0 aromatic heterocycles. The Morgan fingerprint density at radius 3 is 2.10 bits per heavy atom. The SMILES string of the molecule is CCCCOc1cc(C=CC(=O)c2ccc(OCCC)cc2)c(C)c(OCCCC)c1. The van der Waals surface area contributed by atoms with Gasteiger partial charge < -0.3 is 14.2 Å². The molecule has 31 heavy (non-hydrogen) atoms. The zero-order valence-electron chi connectivity index (χ0n) is 19.4. The summed E-state index contributed by atoms with van der Waals surface area (Å²) in [6.07, 6.45) is 8.57. The van der Waals surface area contributed by atoms with E-state index in [0.29, 0.717) is 25.4 Å². The topological polar surface area (TPSA) is 44.8 Å². The molecule has 2 aromatic carbocycles. The molecule has 2 aromatic rings. The third kappa shape index (κ3) is 8.12. The van der Waals surface area contributed by atoms with E-state index in [2.05, 4.69) is 20.8 Å². The zero-order valence-corrected chi connectivity index (χ0v) is 19.4. The number of allylic oxidation sites excluding steroid dienone is 1. The molecule has 0 heterocycles. The maximum Gasteiger partial charge on any atom is 0.185 e. The number of carbonyl (C=O) groups is 1. The highest BCUT2D eigenvalue weighted by Crippen LogP contribution is 2.30. The fourth-order valence-corrected chi connectivity index (χ4v) is 2.95. The third-order valence-electron chi connectivity index (χ3n) is 4.92. The normalized spacial score (nSPS) is 11.0. The number of ether oxygens (including phenoxy) is 3. The molecule has 168 valence electrons. The Morgan fingerprint density at radius 2 is 1.45 bits per heavy atom. The fraction of sp³-hybridized carbons (Fsp3) is 0.444. The van der Waals surface area contributed by atoms with Crippen molar-refractivity contribution in [2.24, 2.45) is 0 Å². The molecular weight excluding hydrogens is 388 g/mol.